The SMILES string of the molecule is CC(C#N)Cc1ccc([131I])cc1. The first-order valence-corrected chi connectivity index (χ1v) is 4.94. The van der Waals surface area contributed by atoms with E-state index in [1.54, 1.807) is 0 Å². The number of hydrogen-bond acceptors (Lipinski definition) is 1. The van der Waals surface area contributed by atoms with Crippen molar-refractivity contribution in [3.8, 4) is 6.07 Å². The Morgan fingerprint density at radius 3 is 2.50 bits per heavy atom. The van der Waals surface area contributed by atoms with Gasteiger partial charge in [-0.05, 0) is 53.6 Å². The molecule has 12 heavy (non-hydrogen) atoms. The van der Waals surface area contributed by atoms with E-state index in [1.807, 2.05) is 6.92 Å². The molecule has 1 rings (SSSR count). The second kappa shape index (κ2) is 4.46. The molecule has 0 spiro atoms. The zero-order valence-corrected chi connectivity index (χ0v) is 9.08. The molecule has 1 atom stereocenters. The van der Waals surface area contributed by atoms with Gasteiger partial charge in [-0.2, -0.15) is 5.26 Å². The minimum Gasteiger partial charge on any atom is -0.198 e. The first-order chi connectivity index (χ1) is 5.72. The Bertz CT molecular complexity index is 284. The summed E-state index contributed by atoms with van der Waals surface area (Å²) >= 11 is 2.27. The molecule has 1 aromatic carbocycles. The molecule has 62 valence electrons. The molecule has 0 aliphatic carbocycles. The van der Waals surface area contributed by atoms with E-state index in [0.717, 1.165) is 6.42 Å². The third-order valence-electron chi connectivity index (χ3n) is 1.68. The lowest BCUT2D eigenvalue weighted by Crippen LogP contribution is -1.95. The van der Waals surface area contributed by atoms with Crippen LogP contribution in [0.5, 0.6) is 0 Å². The number of nitriles is 1. The summed E-state index contributed by atoms with van der Waals surface area (Å²) < 4.78 is 1.24. The zero-order chi connectivity index (χ0) is 8.97. The lowest BCUT2D eigenvalue weighted by Gasteiger charge is -2.01. The number of hydrogen-bond donors (Lipinski definition) is 0. The van der Waals surface area contributed by atoms with E-state index in [2.05, 4.69) is 52.9 Å². The van der Waals surface area contributed by atoms with Gasteiger partial charge in [0.05, 0.1) is 6.07 Å². The van der Waals surface area contributed by atoms with E-state index in [9.17, 15) is 0 Å². The van der Waals surface area contributed by atoms with Crippen LogP contribution in [0.4, 0.5) is 0 Å². The van der Waals surface area contributed by atoms with Gasteiger partial charge >= 0.3 is 0 Å². The van der Waals surface area contributed by atoms with E-state index in [4.69, 9.17) is 5.26 Å². The van der Waals surface area contributed by atoms with Crippen molar-refractivity contribution in [2.45, 2.75) is 13.3 Å². The maximum Gasteiger partial charge on any atom is 0.0656 e. The van der Waals surface area contributed by atoms with E-state index in [-0.39, 0.29) is 5.92 Å². The highest BCUT2D eigenvalue weighted by Crippen LogP contribution is 2.10. The highest BCUT2D eigenvalue weighted by Gasteiger charge is 2.00. The molecule has 0 aliphatic rings. The largest absolute Gasteiger partial charge is 0.198 e. The Kier molecular flexibility index (Phi) is 3.54. The molecule has 1 aromatic rings. The van der Waals surface area contributed by atoms with Gasteiger partial charge in [-0.25, -0.2) is 0 Å². The normalized spacial score (nSPS) is 12.1. The number of halogens is 1. The van der Waals surface area contributed by atoms with Crippen molar-refractivity contribution in [2.75, 3.05) is 0 Å². The van der Waals surface area contributed by atoms with Crippen LogP contribution in [0, 0.1) is 20.8 Å². The monoisotopic (exact) mass is 275 g/mol. The lowest BCUT2D eigenvalue weighted by molar-refractivity contribution is 0.739. The Morgan fingerprint density at radius 2 is 2.00 bits per heavy atom. The second-order valence-corrected chi connectivity index (χ2v) is 4.11. The molecule has 0 amide bonds. The first kappa shape index (κ1) is 9.53. The number of rotatable bonds is 2. The Labute approximate surface area is 86.5 Å². The summed E-state index contributed by atoms with van der Waals surface area (Å²) in [7, 11) is 0. The number of benzene rings is 1. The van der Waals surface area contributed by atoms with Crippen molar-refractivity contribution in [1.82, 2.24) is 0 Å². The Balaban J connectivity index is 2.66. The Morgan fingerprint density at radius 1 is 1.42 bits per heavy atom. The smallest absolute Gasteiger partial charge is 0.0656 e. The zero-order valence-electron chi connectivity index (χ0n) is 6.92. The molecule has 0 saturated carbocycles. The van der Waals surface area contributed by atoms with Crippen molar-refractivity contribution < 1.29 is 0 Å². The maximum absolute atomic E-state index is 8.60. The van der Waals surface area contributed by atoms with Gasteiger partial charge in [0.25, 0.3) is 0 Å². The van der Waals surface area contributed by atoms with Gasteiger partial charge in [-0.1, -0.05) is 12.1 Å². The lowest BCUT2D eigenvalue weighted by atomic mass is 10.0. The number of nitrogens with zero attached hydrogens (tertiary/aromatic N) is 1. The Hall–Kier alpha value is -0.560. The summed E-state index contributed by atoms with van der Waals surface area (Å²) in [5.74, 6) is 0.116. The van der Waals surface area contributed by atoms with Crippen LogP contribution in [0.15, 0.2) is 24.3 Å². The third kappa shape index (κ3) is 2.82. The molecule has 0 saturated heterocycles. The van der Waals surface area contributed by atoms with Crippen molar-refractivity contribution in [3.63, 3.8) is 0 Å². The van der Waals surface area contributed by atoms with E-state index < -0.39 is 0 Å². The van der Waals surface area contributed by atoms with Crippen LogP contribution in [0.1, 0.15) is 12.5 Å². The fraction of sp³-hybridized carbons (Fsp3) is 0.300. The molecule has 0 aliphatic heterocycles. The van der Waals surface area contributed by atoms with E-state index in [1.165, 1.54) is 9.13 Å². The molecule has 0 bridgehead atoms. The van der Waals surface area contributed by atoms with Crippen LogP contribution < -0.4 is 0 Å². The summed E-state index contributed by atoms with van der Waals surface area (Å²) in [6.45, 7) is 1.94. The van der Waals surface area contributed by atoms with Gasteiger partial charge < -0.3 is 0 Å². The fourth-order valence-electron chi connectivity index (χ4n) is 1.02. The fourth-order valence-corrected chi connectivity index (χ4v) is 1.38. The van der Waals surface area contributed by atoms with Crippen molar-refractivity contribution >= 4 is 22.6 Å². The van der Waals surface area contributed by atoms with E-state index in [0.29, 0.717) is 0 Å². The van der Waals surface area contributed by atoms with Crippen molar-refractivity contribution in [3.05, 3.63) is 33.4 Å². The van der Waals surface area contributed by atoms with Crippen LogP contribution in [-0.4, -0.2) is 0 Å². The van der Waals surface area contributed by atoms with Gasteiger partial charge in [0.15, 0.2) is 0 Å². The third-order valence-corrected chi connectivity index (χ3v) is 2.39. The molecule has 0 heterocycles. The average molecular weight is 275 g/mol. The highest BCUT2D eigenvalue weighted by atomic mass is 131. The van der Waals surface area contributed by atoms with Crippen LogP contribution >= 0.6 is 22.6 Å². The molecule has 0 aromatic heterocycles. The summed E-state index contributed by atoms with van der Waals surface area (Å²) in [6.07, 6.45) is 0.855. The van der Waals surface area contributed by atoms with Crippen molar-refractivity contribution in [1.29, 1.82) is 5.26 Å². The standard InChI is InChI=1S/C10H10IN/c1-8(7-12)6-9-2-4-10(11)5-3-9/h2-5,8H,6H2,1H3/i11+4. The van der Waals surface area contributed by atoms with Gasteiger partial charge in [-0.3, -0.25) is 0 Å². The highest BCUT2D eigenvalue weighted by molar-refractivity contribution is 14.1. The average Bonchev–Trinajstić information content (AvgIpc) is 2.09. The van der Waals surface area contributed by atoms with Gasteiger partial charge in [-0.15, -0.1) is 0 Å². The molecule has 0 N–H and O–H groups in total. The quantitative estimate of drug-likeness (QED) is 0.761. The minimum atomic E-state index is 0.116. The van der Waals surface area contributed by atoms with Crippen LogP contribution in [0.3, 0.4) is 0 Å². The molecular weight excluding hydrogens is 265 g/mol. The van der Waals surface area contributed by atoms with Gasteiger partial charge in [0.1, 0.15) is 0 Å². The van der Waals surface area contributed by atoms with Crippen LogP contribution in [-0.2, 0) is 6.42 Å². The summed E-state index contributed by atoms with van der Waals surface area (Å²) in [5, 5.41) is 8.60. The molecule has 1 unspecified atom stereocenters. The predicted molar refractivity (Wildman–Crippen MR) is 57.6 cm³/mol. The maximum atomic E-state index is 8.60. The van der Waals surface area contributed by atoms with Crippen LogP contribution in [0.25, 0.3) is 0 Å². The summed E-state index contributed by atoms with van der Waals surface area (Å²) in [6, 6.07) is 10.5. The van der Waals surface area contributed by atoms with Crippen molar-refractivity contribution in [2.24, 2.45) is 5.92 Å². The van der Waals surface area contributed by atoms with Crippen LogP contribution in [0.2, 0.25) is 0 Å². The van der Waals surface area contributed by atoms with E-state index >= 15 is 0 Å². The molecule has 0 fully saturated rings. The first-order valence-electron chi connectivity index (χ1n) is 3.86. The molecule has 1 nitrogen and oxygen atoms in total. The van der Waals surface area contributed by atoms with Gasteiger partial charge in [0, 0.05) is 9.49 Å². The molecule has 2 heteroatoms. The van der Waals surface area contributed by atoms with Gasteiger partial charge in [0.2, 0.25) is 0 Å². The molecule has 0 radical (unpaired) electrons. The predicted octanol–water partition coefficient (Wildman–Crippen LogP) is 2.99. The minimum absolute atomic E-state index is 0.116. The summed E-state index contributed by atoms with van der Waals surface area (Å²) in [5.41, 5.74) is 1.24. The topological polar surface area (TPSA) is 23.8 Å². The molecular formula is C10H10IN. The second-order valence-electron chi connectivity index (χ2n) is 2.86. The summed E-state index contributed by atoms with van der Waals surface area (Å²) in [4.78, 5) is 0.